The van der Waals surface area contributed by atoms with E-state index in [9.17, 15) is 24.0 Å². The predicted molar refractivity (Wildman–Crippen MR) is 135 cm³/mol. The molecule has 2 aromatic rings. The van der Waals surface area contributed by atoms with Crippen LogP contribution in [0.3, 0.4) is 0 Å². The first-order valence-electron chi connectivity index (χ1n) is 12.2. The van der Waals surface area contributed by atoms with Gasteiger partial charge in [-0.2, -0.15) is 0 Å². The van der Waals surface area contributed by atoms with Crippen molar-refractivity contribution in [3.05, 3.63) is 53.4 Å². The van der Waals surface area contributed by atoms with Crippen LogP contribution < -0.4 is 21.3 Å². The first-order valence-corrected chi connectivity index (χ1v) is 12.2. The van der Waals surface area contributed by atoms with Crippen molar-refractivity contribution in [2.45, 2.75) is 52.6 Å². The van der Waals surface area contributed by atoms with Crippen LogP contribution in [-0.4, -0.2) is 60.2 Å². The Bertz CT molecular complexity index is 1070. The molecule has 1 aliphatic heterocycles. The molecule has 4 N–H and O–H groups in total. The number of nitrogens with zero attached hydrogens (tertiary/aromatic N) is 1. The zero-order valence-electron chi connectivity index (χ0n) is 21.6. The first-order chi connectivity index (χ1) is 17.6. The quantitative estimate of drug-likeness (QED) is 0.346. The Morgan fingerprint density at radius 1 is 1.16 bits per heavy atom. The van der Waals surface area contributed by atoms with E-state index < -0.39 is 29.8 Å². The zero-order chi connectivity index (χ0) is 27.4. The van der Waals surface area contributed by atoms with Crippen LogP contribution in [0.4, 0.5) is 0 Å². The Morgan fingerprint density at radius 2 is 1.86 bits per heavy atom. The molecule has 1 aromatic heterocycles. The van der Waals surface area contributed by atoms with Crippen molar-refractivity contribution in [3.63, 3.8) is 0 Å². The lowest BCUT2D eigenvalue weighted by Crippen LogP contribution is -2.52. The van der Waals surface area contributed by atoms with Gasteiger partial charge in [0.25, 0.3) is 5.91 Å². The average molecular weight is 514 g/mol. The summed E-state index contributed by atoms with van der Waals surface area (Å²) in [5.41, 5.74) is 1.37. The van der Waals surface area contributed by atoms with Gasteiger partial charge in [-0.3, -0.25) is 19.2 Å². The van der Waals surface area contributed by atoms with Crippen molar-refractivity contribution >= 4 is 29.9 Å². The number of rotatable bonds is 10. The molecule has 0 aliphatic carbocycles. The lowest BCUT2D eigenvalue weighted by molar-refractivity contribution is -0.128. The molecule has 3 unspecified atom stereocenters. The van der Waals surface area contributed by atoms with E-state index in [2.05, 4.69) is 45.5 Å². The highest BCUT2D eigenvalue weighted by atomic mass is 16.5. The highest BCUT2D eigenvalue weighted by molar-refractivity contribution is 5.97. The molecule has 1 aliphatic rings. The molecule has 2 heterocycles. The molecule has 11 heteroatoms. The van der Waals surface area contributed by atoms with E-state index in [4.69, 9.17) is 4.52 Å². The third-order valence-corrected chi connectivity index (χ3v) is 5.67. The number of aldehydes is 1. The summed E-state index contributed by atoms with van der Waals surface area (Å²) < 4.78 is 4.85. The molecule has 3 rings (SSSR count). The SMILES string of the molecule is Cc1cc(C(=O)NC(C(=O)NCC(=O)NC(C=O)CC2CCNC2=O)C(C)C)no1.Cc1ccccc1. The third-order valence-electron chi connectivity index (χ3n) is 5.67. The first kappa shape index (κ1) is 29.2. The van der Waals surface area contributed by atoms with Gasteiger partial charge in [-0.05, 0) is 32.6 Å². The van der Waals surface area contributed by atoms with Crippen molar-refractivity contribution in [1.29, 1.82) is 0 Å². The van der Waals surface area contributed by atoms with Gasteiger partial charge in [0.15, 0.2) is 5.69 Å². The van der Waals surface area contributed by atoms with Crippen LogP contribution in [-0.2, 0) is 19.2 Å². The number of hydrogen-bond acceptors (Lipinski definition) is 7. The smallest absolute Gasteiger partial charge is 0.274 e. The number of aryl methyl sites for hydroxylation is 2. The van der Waals surface area contributed by atoms with E-state index in [1.807, 2.05) is 18.2 Å². The fraction of sp³-hybridized carbons (Fsp3) is 0.462. The van der Waals surface area contributed by atoms with Gasteiger partial charge in [-0.25, -0.2) is 0 Å². The summed E-state index contributed by atoms with van der Waals surface area (Å²) in [4.78, 5) is 59.7. The van der Waals surface area contributed by atoms with Crippen molar-refractivity contribution in [3.8, 4) is 0 Å². The number of amides is 4. The number of carbonyl (C=O) groups is 5. The van der Waals surface area contributed by atoms with Crippen LogP contribution in [0.2, 0.25) is 0 Å². The van der Waals surface area contributed by atoms with Crippen molar-refractivity contribution in [1.82, 2.24) is 26.4 Å². The molecular weight excluding hydrogens is 478 g/mol. The Hall–Kier alpha value is -4.02. The van der Waals surface area contributed by atoms with E-state index >= 15 is 0 Å². The van der Waals surface area contributed by atoms with Crippen molar-refractivity contribution in [2.24, 2.45) is 11.8 Å². The third kappa shape index (κ3) is 9.86. The highest BCUT2D eigenvalue weighted by Gasteiger charge is 2.29. The van der Waals surface area contributed by atoms with Gasteiger partial charge >= 0.3 is 0 Å². The fourth-order valence-corrected chi connectivity index (χ4v) is 3.62. The molecule has 11 nitrogen and oxygen atoms in total. The van der Waals surface area contributed by atoms with E-state index in [1.165, 1.54) is 11.6 Å². The monoisotopic (exact) mass is 513 g/mol. The molecule has 3 atom stereocenters. The minimum atomic E-state index is -0.897. The molecule has 0 radical (unpaired) electrons. The fourth-order valence-electron chi connectivity index (χ4n) is 3.62. The van der Waals surface area contributed by atoms with Crippen LogP contribution >= 0.6 is 0 Å². The number of carbonyl (C=O) groups excluding carboxylic acids is 5. The van der Waals surface area contributed by atoms with Gasteiger partial charge in [0.05, 0.1) is 12.6 Å². The minimum Gasteiger partial charge on any atom is -0.361 e. The molecule has 37 heavy (non-hydrogen) atoms. The molecule has 200 valence electrons. The van der Waals surface area contributed by atoms with Crippen molar-refractivity contribution in [2.75, 3.05) is 13.1 Å². The summed E-state index contributed by atoms with van der Waals surface area (Å²) in [5.74, 6) is -1.94. The summed E-state index contributed by atoms with van der Waals surface area (Å²) in [6, 6.07) is 9.99. The molecular formula is C26H35N5O6. The van der Waals surface area contributed by atoms with Gasteiger partial charge < -0.3 is 30.6 Å². The number of benzene rings is 1. The number of nitrogens with one attached hydrogen (secondary N) is 4. The second-order valence-corrected chi connectivity index (χ2v) is 9.21. The van der Waals surface area contributed by atoms with E-state index in [0.29, 0.717) is 25.0 Å². The number of aromatic nitrogens is 1. The van der Waals surface area contributed by atoms with Crippen LogP contribution in [0.25, 0.3) is 0 Å². The number of hydrogen-bond donors (Lipinski definition) is 4. The minimum absolute atomic E-state index is 0.0495. The van der Waals surface area contributed by atoms with E-state index in [0.717, 1.165) is 0 Å². The maximum absolute atomic E-state index is 12.5. The van der Waals surface area contributed by atoms with Crippen molar-refractivity contribution < 1.29 is 28.5 Å². The Morgan fingerprint density at radius 3 is 2.35 bits per heavy atom. The molecule has 1 fully saturated rings. The maximum Gasteiger partial charge on any atom is 0.274 e. The largest absolute Gasteiger partial charge is 0.361 e. The normalized spacial score (nSPS) is 16.0. The topological polar surface area (TPSA) is 160 Å². The van der Waals surface area contributed by atoms with Gasteiger partial charge in [0.1, 0.15) is 18.1 Å². The van der Waals surface area contributed by atoms with Gasteiger partial charge in [-0.1, -0.05) is 54.9 Å². The van der Waals surface area contributed by atoms with Gasteiger partial charge in [0, 0.05) is 18.5 Å². The molecule has 0 saturated carbocycles. The summed E-state index contributed by atoms with van der Waals surface area (Å²) in [6.45, 7) is 7.39. The highest BCUT2D eigenvalue weighted by Crippen LogP contribution is 2.15. The Balaban J connectivity index is 0.000000591. The second kappa shape index (κ2) is 14.5. The summed E-state index contributed by atoms with van der Waals surface area (Å²) in [6.07, 6.45) is 1.38. The van der Waals surface area contributed by atoms with Gasteiger partial charge in [-0.15, -0.1) is 0 Å². The molecule has 4 amide bonds. The van der Waals surface area contributed by atoms with E-state index in [-0.39, 0.29) is 36.4 Å². The summed E-state index contributed by atoms with van der Waals surface area (Å²) in [7, 11) is 0. The molecule has 0 bridgehead atoms. The van der Waals surface area contributed by atoms with Crippen LogP contribution in [0.1, 0.15) is 48.5 Å². The van der Waals surface area contributed by atoms with Gasteiger partial charge in [0.2, 0.25) is 17.7 Å². The molecule has 1 saturated heterocycles. The standard InChI is InChI=1S/C19H27N5O6.C7H8/c1-10(2)16(23-18(28)14-6-11(3)30-24-14)19(29)21-8-15(26)22-13(9-25)7-12-4-5-20-17(12)27;1-7-5-3-2-4-6-7/h6,9-10,12-13,16H,4-5,7-8H2,1-3H3,(H,20,27)(H,21,29)(H,22,26)(H,23,28);2-6H,1H3. The zero-order valence-corrected chi connectivity index (χ0v) is 21.6. The second-order valence-electron chi connectivity index (χ2n) is 9.21. The maximum atomic E-state index is 12.5. The van der Waals surface area contributed by atoms with E-state index in [1.54, 1.807) is 20.8 Å². The predicted octanol–water partition coefficient (Wildman–Crippen LogP) is 1.06. The Kier molecular flexibility index (Phi) is 11.5. The lowest BCUT2D eigenvalue weighted by atomic mass is 9.99. The Labute approximate surface area is 216 Å². The van der Waals surface area contributed by atoms with Crippen LogP contribution in [0, 0.1) is 25.7 Å². The molecule has 1 aromatic carbocycles. The summed E-state index contributed by atoms with van der Waals surface area (Å²) >= 11 is 0. The average Bonchev–Trinajstić information content (AvgIpc) is 3.49. The summed E-state index contributed by atoms with van der Waals surface area (Å²) in [5, 5.41) is 13.8. The molecule has 0 spiro atoms. The lowest BCUT2D eigenvalue weighted by Gasteiger charge is -2.21. The van der Waals surface area contributed by atoms with Crippen LogP contribution in [0.5, 0.6) is 0 Å². The van der Waals surface area contributed by atoms with Crippen LogP contribution in [0.15, 0.2) is 40.9 Å².